The first kappa shape index (κ1) is 14.2. The van der Waals surface area contributed by atoms with Gasteiger partial charge in [-0.05, 0) is 19.9 Å². The van der Waals surface area contributed by atoms with Crippen molar-refractivity contribution in [2.24, 2.45) is 5.41 Å². The number of aliphatic carboxylic acids is 1. The van der Waals surface area contributed by atoms with Crippen molar-refractivity contribution >= 4 is 11.9 Å². The Labute approximate surface area is 105 Å². The van der Waals surface area contributed by atoms with Crippen molar-refractivity contribution in [3.05, 3.63) is 35.6 Å². The molecular formula is C13H16FNO3. The van der Waals surface area contributed by atoms with Crippen LogP contribution < -0.4 is 5.32 Å². The maximum Gasteiger partial charge on any atom is 0.311 e. The van der Waals surface area contributed by atoms with Crippen molar-refractivity contribution in [3.8, 4) is 0 Å². The monoisotopic (exact) mass is 253 g/mol. The van der Waals surface area contributed by atoms with Crippen LogP contribution in [0.5, 0.6) is 0 Å². The molecule has 0 saturated carbocycles. The van der Waals surface area contributed by atoms with Gasteiger partial charge in [-0.2, -0.15) is 0 Å². The van der Waals surface area contributed by atoms with Crippen LogP contribution in [0.1, 0.15) is 32.4 Å². The van der Waals surface area contributed by atoms with Gasteiger partial charge in [-0.3, -0.25) is 9.59 Å². The zero-order chi connectivity index (χ0) is 13.9. The van der Waals surface area contributed by atoms with E-state index in [0.29, 0.717) is 0 Å². The van der Waals surface area contributed by atoms with Crippen LogP contribution >= 0.6 is 0 Å². The van der Waals surface area contributed by atoms with Gasteiger partial charge in [0.1, 0.15) is 5.82 Å². The molecule has 0 radical (unpaired) electrons. The van der Waals surface area contributed by atoms with E-state index in [9.17, 15) is 19.1 Å². The molecule has 1 aromatic rings. The Morgan fingerprint density at radius 1 is 1.33 bits per heavy atom. The Morgan fingerprint density at radius 2 is 1.89 bits per heavy atom. The largest absolute Gasteiger partial charge is 0.481 e. The Kier molecular flexibility index (Phi) is 4.06. The summed E-state index contributed by atoms with van der Waals surface area (Å²) in [6, 6.07) is 4.90. The molecule has 0 bridgehead atoms. The first-order chi connectivity index (χ1) is 8.26. The Balaban J connectivity index is 3.26. The first-order valence-electron chi connectivity index (χ1n) is 5.51. The fourth-order valence-electron chi connectivity index (χ4n) is 1.68. The van der Waals surface area contributed by atoms with Gasteiger partial charge in [-0.15, -0.1) is 0 Å². The number of halogens is 1. The Hall–Kier alpha value is -1.91. The van der Waals surface area contributed by atoms with Gasteiger partial charge in [-0.25, -0.2) is 4.39 Å². The van der Waals surface area contributed by atoms with Crippen LogP contribution in [0.3, 0.4) is 0 Å². The van der Waals surface area contributed by atoms with Crippen molar-refractivity contribution in [2.45, 2.75) is 26.8 Å². The molecule has 1 unspecified atom stereocenters. The van der Waals surface area contributed by atoms with E-state index in [1.54, 1.807) is 6.07 Å². The van der Waals surface area contributed by atoms with Crippen LogP contribution in [0.25, 0.3) is 0 Å². The molecule has 0 fully saturated rings. The molecule has 2 N–H and O–H groups in total. The molecular weight excluding hydrogens is 237 g/mol. The molecule has 0 aromatic heterocycles. The number of hydrogen-bond acceptors (Lipinski definition) is 2. The molecule has 1 atom stereocenters. The highest BCUT2D eigenvalue weighted by atomic mass is 19.1. The van der Waals surface area contributed by atoms with E-state index < -0.39 is 29.2 Å². The zero-order valence-electron chi connectivity index (χ0n) is 10.5. The fourth-order valence-corrected chi connectivity index (χ4v) is 1.68. The lowest BCUT2D eigenvalue weighted by Crippen LogP contribution is -2.42. The van der Waals surface area contributed by atoms with Crippen molar-refractivity contribution in [1.82, 2.24) is 5.32 Å². The van der Waals surface area contributed by atoms with E-state index in [-0.39, 0.29) is 5.56 Å². The van der Waals surface area contributed by atoms with E-state index in [4.69, 9.17) is 0 Å². The van der Waals surface area contributed by atoms with Gasteiger partial charge < -0.3 is 10.4 Å². The third-order valence-electron chi connectivity index (χ3n) is 2.84. The number of carbonyl (C=O) groups is 2. The van der Waals surface area contributed by atoms with Crippen LogP contribution in [0.4, 0.5) is 4.39 Å². The summed E-state index contributed by atoms with van der Waals surface area (Å²) in [7, 11) is 0. The molecule has 1 rings (SSSR count). The summed E-state index contributed by atoms with van der Waals surface area (Å²) in [5, 5.41) is 11.7. The van der Waals surface area contributed by atoms with Crippen LogP contribution in [-0.2, 0) is 9.59 Å². The fraction of sp³-hybridized carbons (Fsp3) is 0.385. The summed E-state index contributed by atoms with van der Waals surface area (Å²) in [6.07, 6.45) is 0. The van der Waals surface area contributed by atoms with Gasteiger partial charge in [0.25, 0.3) is 0 Å². The highest BCUT2D eigenvalue weighted by Gasteiger charge is 2.39. The summed E-state index contributed by atoms with van der Waals surface area (Å²) >= 11 is 0. The van der Waals surface area contributed by atoms with E-state index >= 15 is 0 Å². The highest BCUT2D eigenvalue weighted by molar-refractivity contribution is 5.78. The summed E-state index contributed by atoms with van der Waals surface area (Å²) in [5.74, 6) is -2.05. The molecule has 98 valence electrons. The molecule has 0 aliphatic heterocycles. The van der Waals surface area contributed by atoms with E-state index in [1.165, 1.54) is 39.0 Å². The molecule has 0 heterocycles. The molecule has 5 heteroatoms. The number of carbonyl (C=O) groups excluding carboxylic acids is 1. The Bertz CT molecular complexity index is 471. The average molecular weight is 253 g/mol. The van der Waals surface area contributed by atoms with Gasteiger partial charge in [0.2, 0.25) is 5.91 Å². The average Bonchev–Trinajstić information content (AvgIpc) is 2.26. The third-order valence-corrected chi connectivity index (χ3v) is 2.84. The lowest BCUT2D eigenvalue weighted by molar-refractivity contribution is -0.149. The van der Waals surface area contributed by atoms with Gasteiger partial charge in [0, 0.05) is 12.5 Å². The van der Waals surface area contributed by atoms with E-state index in [1.807, 2.05) is 0 Å². The van der Waals surface area contributed by atoms with Crippen molar-refractivity contribution in [1.29, 1.82) is 0 Å². The molecule has 1 amide bonds. The van der Waals surface area contributed by atoms with Crippen molar-refractivity contribution < 1.29 is 19.1 Å². The lowest BCUT2D eigenvalue weighted by Gasteiger charge is -2.31. The lowest BCUT2D eigenvalue weighted by atomic mass is 9.80. The van der Waals surface area contributed by atoms with Gasteiger partial charge in [-0.1, -0.05) is 18.2 Å². The smallest absolute Gasteiger partial charge is 0.311 e. The van der Waals surface area contributed by atoms with Crippen molar-refractivity contribution in [3.63, 3.8) is 0 Å². The quantitative estimate of drug-likeness (QED) is 0.863. The molecule has 0 aliphatic rings. The van der Waals surface area contributed by atoms with Gasteiger partial charge in [0.15, 0.2) is 0 Å². The van der Waals surface area contributed by atoms with Crippen LogP contribution in [0, 0.1) is 11.2 Å². The van der Waals surface area contributed by atoms with Crippen LogP contribution in [0.2, 0.25) is 0 Å². The molecule has 18 heavy (non-hydrogen) atoms. The number of amides is 1. The second-order valence-corrected chi connectivity index (χ2v) is 4.68. The van der Waals surface area contributed by atoms with E-state index in [0.717, 1.165) is 0 Å². The second kappa shape index (κ2) is 5.16. The normalized spacial score (nSPS) is 12.9. The minimum absolute atomic E-state index is 0.167. The topological polar surface area (TPSA) is 66.4 Å². The number of hydrogen-bond donors (Lipinski definition) is 2. The number of nitrogens with one attached hydrogen (secondary N) is 1. The number of carboxylic acid groups (broad SMARTS) is 1. The Morgan fingerprint density at radius 3 is 2.33 bits per heavy atom. The summed E-state index contributed by atoms with van der Waals surface area (Å²) < 4.78 is 13.7. The third kappa shape index (κ3) is 2.85. The molecule has 0 spiro atoms. The zero-order valence-corrected chi connectivity index (χ0v) is 10.5. The van der Waals surface area contributed by atoms with Crippen molar-refractivity contribution in [2.75, 3.05) is 0 Å². The molecule has 1 aromatic carbocycles. The number of rotatable bonds is 4. The maximum absolute atomic E-state index is 13.7. The summed E-state index contributed by atoms with van der Waals surface area (Å²) in [4.78, 5) is 22.4. The molecule has 4 nitrogen and oxygen atoms in total. The number of benzene rings is 1. The maximum atomic E-state index is 13.7. The SMILES string of the molecule is CC(=O)NC(c1ccccc1F)C(C)(C)C(=O)O. The predicted molar refractivity (Wildman–Crippen MR) is 64.4 cm³/mol. The summed E-state index contributed by atoms with van der Waals surface area (Å²) in [5.41, 5.74) is -1.14. The van der Waals surface area contributed by atoms with Gasteiger partial charge in [0.05, 0.1) is 11.5 Å². The first-order valence-corrected chi connectivity index (χ1v) is 5.51. The molecule has 0 saturated heterocycles. The van der Waals surface area contributed by atoms with E-state index in [2.05, 4.69) is 5.32 Å². The molecule has 0 aliphatic carbocycles. The minimum Gasteiger partial charge on any atom is -0.481 e. The standard InChI is InChI=1S/C13H16FNO3/c1-8(16)15-11(13(2,3)12(17)18)9-6-4-5-7-10(9)14/h4-7,11H,1-3H3,(H,15,16)(H,17,18). The highest BCUT2D eigenvalue weighted by Crippen LogP contribution is 2.34. The van der Waals surface area contributed by atoms with Gasteiger partial charge >= 0.3 is 5.97 Å². The minimum atomic E-state index is -1.31. The second-order valence-electron chi connectivity index (χ2n) is 4.68. The van der Waals surface area contributed by atoms with Crippen LogP contribution in [0.15, 0.2) is 24.3 Å². The van der Waals surface area contributed by atoms with Crippen LogP contribution in [-0.4, -0.2) is 17.0 Å². The number of carboxylic acids is 1. The summed E-state index contributed by atoms with van der Waals surface area (Å²) in [6.45, 7) is 4.16. The predicted octanol–water partition coefficient (Wildman–Crippen LogP) is 2.11.